The van der Waals surface area contributed by atoms with Gasteiger partial charge in [0.05, 0.1) is 11.3 Å². The normalized spacial score (nSPS) is 18.7. The number of anilines is 1. The lowest BCUT2D eigenvalue weighted by Crippen LogP contribution is -2.44. The van der Waals surface area contributed by atoms with Gasteiger partial charge in [-0.1, -0.05) is 6.07 Å². The lowest BCUT2D eigenvalue weighted by atomic mass is 10.1. The van der Waals surface area contributed by atoms with E-state index in [2.05, 4.69) is 13.8 Å². The summed E-state index contributed by atoms with van der Waals surface area (Å²) in [6.45, 7) is 5.50. The Hall–Kier alpha value is -1.23. The highest BCUT2D eigenvalue weighted by Gasteiger charge is 2.30. The molecule has 1 N–H and O–H groups in total. The van der Waals surface area contributed by atoms with Gasteiger partial charge in [0, 0.05) is 23.6 Å². The first kappa shape index (κ1) is 13.2. The topological polar surface area (TPSA) is 40.5 Å². The van der Waals surface area contributed by atoms with Gasteiger partial charge in [0.15, 0.2) is 0 Å². The quantitative estimate of drug-likeness (QED) is 0.896. The number of hydrogen-bond donors (Lipinski definition) is 1. The number of para-hydroxylation sites is 1. The van der Waals surface area contributed by atoms with Crippen LogP contribution in [-0.2, 0) is 0 Å². The van der Waals surface area contributed by atoms with Gasteiger partial charge in [0.1, 0.15) is 5.82 Å². The highest BCUT2D eigenvalue weighted by Crippen LogP contribution is 2.34. The van der Waals surface area contributed by atoms with E-state index in [9.17, 15) is 9.18 Å². The highest BCUT2D eigenvalue weighted by molar-refractivity contribution is 8.00. The van der Waals surface area contributed by atoms with Crippen LogP contribution in [0.1, 0.15) is 24.2 Å². The molecule has 1 heterocycles. The maximum absolute atomic E-state index is 13.9. The molecule has 18 heavy (non-hydrogen) atoms. The molecule has 1 aliphatic heterocycles. The van der Waals surface area contributed by atoms with Crippen LogP contribution in [0.15, 0.2) is 18.2 Å². The van der Waals surface area contributed by atoms with E-state index in [1.165, 1.54) is 18.2 Å². The molecule has 0 radical (unpaired) electrons. The van der Waals surface area contributed by atoms with E-state index in [-0.39, 0.29) is 16.0 Å². The Morgan fingerprint density at radius 3 is 2.83 bits per heavy atom. The van der Waals surface area contributed by atoms with Gasteiger partial charge in [-0.2, -0.15) is 11.8 Å². The summed E-state index contributed by atoms with van der Waals surface area (Å²) in [7, 11) is 0. The largest absolute Gasteiger partial charge is 0.478 e. The zero-order valence-electron chi connectivity index (χ0n) is 10.4. The van der Waals surface area contributed by atoms with Crippen LogP contribution in [0.4, 0.5) is 10.1 Å². The van der Waals surface area contributed by atoms with Crippen LogP contribution in [0.25, 0.3) is 0 Å². The summed E-state index contributed by atoms with van der Waals surface area (Å²) in [5.74, 6) is -0.668. The van der Waals surface area contributed by atoms with Crippen LogP contribution in [0.3, 0.4) is 0 Å². The molecule has 1 aliphatic rings. The Balaban J connectivity index is 2.41. The first-order chi connectivity index (χ1) is 8.41. The first-order valence-electron chi connectivity index (χ1n) is 5.81. The first-order valence-corrected chi connectivity index (χ1v) is 6.80. The van der Waals surface area contributed by atoms with Gasteiger partial charge >= 0.3 is 5.97 Å². The molecule has 5 heteroatoms. The van der Waals surface area contributed by atoms with Gasteiger partial charge in [-0.05, 0) is 26.0 Å². The number of hydrogen-bond acceptors (Lipinski definition) is 3. The van der Waals surface area contributed by atoms with E-state index >= 15 is 0 Å². The Morgan fingerprint density at radius 2 is 2.22 bits per heavy atom. The molecule has 0 atom stereocenters. The van der Waals surface area contributed by atoms with Crippen molar-refractivity contribution in [1.82, 2.24) is 0 Å². The van der Waals surface area contributed by atoms with Crippen molar-refractivity contribution < 1.29 is 14.3 Å². The molecule has 3 nitrogen and oxygen atoms in total. The third kappa shape index (κ3) is 2.61. The summed E-state index contributed by atoms with van der Waals surface area (Å²) in [5, 5.41) is 9.15. The average molecular weight is 269 g/mol. The van der Waals surface area contributed by atoms with Gasteiger partial charge in [-0.3, -0.25) is 0 Å². The van der Waals surface area contributed by atoms with E-state index in [1.807, 2.05) is 16.7 Å². The molecule has 0 saturated carbocycles. The molecule has 1 fully saturated rings. The molecule has 0 spiro atoms. The molecule has 0 bridgehead atoms. The number of halogens is 1. The fourth-order valence-corrected chi connectivity index (χ4v) is 3.33. The monoisotopic (exact) mass is 269 g/mol. The maximum atomic E-state index is 13.9. The molecule has 0 aromatic heterocycles. The Morgan fingerprint density at radius 1 is 1.50 bits per heavy atom. The van der Waals surface area contributed by atoms with Crippen LogP contribution in [0.5, 0.6) is 0 Å². The standard InChI is InChI=1S/C13H16FNO2S/c1-13(2)8-15(6-7-18-13)11-9(12(16)17)4-3-5-10(11)14/h3-5H,6-8H2,1-2H3,(H,16,17). The van der Waals surface area contributed by atoms with Crippen molar-refractivity contribution in [3.63, 3.8) is 0 Å². The van der Waals surface area contributed by atoms with E-state index < -0.39 is 11.8 Å². The Kier molecular flexibility index (Phi) is 3.52. The number of carboxylic acids is 1. The van der Waals surface area contributed by atoms with Crippen molar-refractivity contribution >= 4 is 23.4 Å². The molecule has 98 valence electrons. The van der Waals surface area contributed by atoms with Gasteiger partial charge < -0.3 is 10.0 Å². The lowest BCUT2D eigenvalue weighted by Gasteiger charge is -2.39. The summed E-state index contributed by atoms with van der Waals surface area (Å²) >= 11 is 1.83. The fraction of sp³-hybridized carbons (Fsp3) is 0.462. The van der Waals surface area contributed by atoms with Crippen LogP contribution >= 0.6 is 11.8 Å². The minimum Gasteiger partial charge on any atom is -0.478 e. The van der Waals surface area contributed by atoms with Gasteiger partial charge in [0.2, 0.25) is 0 Å². The number of carbonyl (C=O) groups is 1. The summed E-state index contributed by atoms with van der Waals surface area (Å²) in [6, 6.07) is 4.21. The maximum Gasteiger partial charge on any atom is 0.337 e. The van der Waals surface area contributed by atoms with Crippen molar-refractivity contribution in [3.05, 3.63) is 29.6 Å². The predicted octanol–water partition coefficient (Wildman–Crippen LogP) is 2.86. The number of aromatic carboxylic acids is 1. The third-order valence-electron chi connectivity index (χ3n) is 2.96. The van der Waals surface area contributed by atoms with Crippen molar-refractivity contribution in [3.8, 4) is 0 Å². The average Bonchev–Trinajstić information content (AvgIpc) is 2.27. The molecule has 0 amide bonds. The van der Waals surface area contributed by atoms with Crippen LogP contribution in [0.2, 0.25) is 0 Å². The number of benzene rings is 1. The fourth-order valence-electron chi connectivity index (χ4n) is 2.22. The van der Waals surface area contributed by atoms with E-state index in [1.54, 1.807) is 0 Å². The van der Waals surface area contributed by atoms with Gasteiger partial charge in [-0.25, -0.2) is 9.18 Å². The van der Waals surface area contributed by atoms with Crippen LogP contribution < -0.4 is 4.90 Å². The second-order valence-corrected chi connectivity index (χ2v) is 6.77. The molecule has 1 aromatic rings. The second-order valence-electron chi connectivity index (χ2n) is 4.97. The van der Waals surface area contributed by atoms with E-state index in [0.29, 0.717) is 13.1 Å². The minimum atomic E-state index is -1.08. The smallest absolute Gasteiger partial charge is 0.337 e. The summed E-state index contributed by atoms with van der Waals surface area (Å²) in [5.41, 5.74) is 0.260. The molecule has 2 rings (SSSR count). The Labute approximate surface area is 110 Å². The highest BCUT2D eigenvalue weighted by atomic mass is 32.2. The molecule has 0 aliphatic carbocycles. The molecule has 1 saturated heterocycles. The van der Waals surface area contributed by atoms with Crippen LogP contribution in [0, 0.1) is 5.82 Å². The minimum absolute atomic E-state index is 0.0102. The van der Waals surface area contributed by atoms with Crippen molar-refractivity contribution in [2.45, 2.75) is 18.6 Å². The van der Waals surface area contributed by atoms with Gasteiger partial charge in [0.25, 0.3) is 0 Å². The zero-order valence-corrected chi connectivity index (χ0v) is 11.3. The number of nitrogens with zero attached hydrogens (tertiary/aromatic N) is 1. The third-order valence-corrected chi connectivity index (χ3v) is 4.26. The molecule has 1 aromatic carbocycles. The van der Waals surface area contributed by atoms with E-state index in [0.717, 1.165) is 5.75 Å². The van der Waals surface area contributed by atoms with Gasteiger partial charge in [-0.15, -0.1) is 0 Å². The van der Waals surface area contributed by atoms with Crippen LogP contribution in [-0.4, -0.2) is 34.7 Å². The molecule has 0 unspecified atom stereocenters. The summed E-state index contributed by atoms with van der Waals surface area (Å²) in [6.07, 6.45) is 0. The summed E-state index contributed by atoms with van der Waals surface area (Å²) in [4.78, 5) is 13.0. The van der Waals surface area contributed by atoms with Crippen molar-refractivity contribution in [2.24, 2.45) is 0 Å². The molecular formula is C13H16FNO2S. The number of rotatable bonds is 2. The second kappa shape index (κ2) is 4.80. The predicted molar refractivity (Wildman–Crippen MR) is 72.1 cm³/mol. The number of thioether (sulfide) groups is 1. The summed E-state index contributed by atoms with van der Waals surface area (Å²) < 4.78 is 13.9. The molecular weight excluding hydrogens is 253 g/mol. The number of carboxylic acid groups (broad SMARTS) is 1. The Bertz CT molecular complexity index is 476. The zero-order chi connectivity index (χ0) is 13.3. The van der Waals surface area contributed by atoms with Crippen molar-refractivity contribution in [1.29, 1.82) is 0 Å². The lowest BCUT2D eigenvalue weighted by molar-refractivity contribution is 0.0697. The van der Waals surface area contributed by atoms with Crippen molar-refractivity contribution in [2.75, 3.05) is 23.7 Å². The van der Waals surface area contributed by atoms with E-state index in [4.69, 9.17) is 5.11 Å². The SMILES string of the molecule is CC1(C)CN(c2c(F)cccc2C(=O)O)CCS1.